The van der Waals surface area contributed by atoms with Crippen LogP contribution in [0.15, 0.2) is 0 Å². The van der Waals surface area contributed by atoms with Crippen LogP contribution in [0.25, 0.3) is 0 Å². The van der Waals surface area contributed by atoms with E-state index in [1.165, 1.54) is 12.0 Å². The molecule has 0 aliphatic heterocycles. The van der Waals surface area contributed by atoms with Gasteiger partial charge in [0.15, 0.2) is 0 Å². The van der Waals surface area contributed by atoms with Gasteiger partial charge in [-0.3, -0.25) is 9.59 Å². The lowest BCUT2D eigenvalue weighted by Gasteiger charge is -2.27. The van der Waals surface area contributed by atoms with Crippen LogP contribution in [0, 0.1) is 0 Å². The van der Waals surface area contributed by atoms with E-state index in [0.29, 0.717) is 26.3 Å². The third kappa shape index (κ3) is 5.95. The van der Waals surface area contributed by atoms with Crippen LogP contribution in [0.3, 0.4) is 0 Å². The maximum atomic E-state index is 11.9. The van der Waals surface area contributed by atoms with Crippen molar-refractivity contribution in [3.8, 4) is 0 Å². The van der Waals surface area contributed by atoms with Crippen molar-refractivity contribution in [1.29, 1.82) is 0 Å². The van der Waals surface area contributed by atoms with Crippen molar-refractivity contribution in [3.05, 3.63) is 0 Å². The fraction of sp³-hybridized carbons (Fsp3) is 0.818. The number of amides is 2. The summed E-state index contributed by atoms with van der Waals surface area (Å²) in [4.78, 5) is 24.9. The number of ether oxygens (including phenoxy) is 2. The van der Waals surface area contributed by atoms with E-state index >= 15 is 0 Å². The topological polar surface area (TPSA) is 93.9 Å². The van der Waals surface area contributed by atoms with Crippen molar-refractivity contribution < 1.29 is 19.1 Å². The largest absolute Gasteiger partial charge is 0.383 e. The lowest BCUT2D eigenvalue weighted by Crippen LogP contribution is -2.50. The molecule has 0 rings (SSSR count). The van der Waals surface area contributed by atoms with Gasteiger partial charge in [0.25, 0.3) is 0 Å². The Kier molecular flexibility index (Phi) is 9.17. The maximum Gasteiger partial charge on any atom is 0.312 e. The lowest BCUT2D eigenvalue weighted by molar-refractivity contribution is -0.148. The Morgan fingerprint density at radius 3 is 2.50 bits per heavy atom. The fourth-order valence-electron chi connectivity index (χ4n) is 1.43. The highest BCUT2D eigenvalue weighted by Gasteiger charge is 2.25. The minimum atomic E-state index is -0.653. The summed E-state index contributed by atoms with van der Waals surface area (Å²) in [6.45, 7) is 3.46. The van der Waals surface area contributed by atoms with Gasteiger partial charge in [0.1, 0.15) is 0 Å². The summed E-state index contributed by atoms with van der Waals surface area (Å²) in [5, 5.41) is 2.45. The quantitative estimate of drug-likeness (QED) is 0.523. The maximum absolute atomic E-state index is 11.9. The number of carbonyl (C=O) groups is 2. The van der Waals surface area contributed by atoms with Crippen molar-refractivity contribution in [2.45, 2.75) is 13.0 Å². The molecule has 0 radical (unpaired) electrons. The molecule has 0 aromatic rings. The molecule has 106 valence electrons. The molecule has 0 saturated heterocycles. The van der Waals surface area contributed by atoms with Crippen molar-refractivity contribution in [2.24, 2.45) is 5.73 Å². The van der Waals surface area contributed by atoms with E-state index in [1.54, 1.807) is 7.11 Å². The zero-order chi connectivity index (χ0) is 14.0. The van der Waals surface area contributed by atoms with E-state index in [-0.39, 0.29) is 12.6 Å². The fourth-order valence-corrected chi connectivity index (χ4v) is 1.43. The molecule has 7 nitrogen and oxygen atoms in total. The van der Waals surface area contributed by atoms with Gasteiger partial charge in [-0.25, -0.2) is 0 Å². The molecule has 0 aliphatic rings. The van der Waals surface area contributed by atoms with E-state index in [0.717, 1.165) is 0 Å². The second-order valence-corrected chi connectivity index (χ2v) is 3.84. The highest BCUT2D eigenvalue weighted by molar-refractivity contribution is 6.35. The second-order valence-electron chi connectivity index (χ2n) is 3.84. The van der Waals surface area contributed by atoms with Gasteiger partial charge in [-0.1, -0.05) is 0 Å². The predicted molar refractivity (Wildman–Crippen MR) is 67.0 cm³/mol. The van der Waals surface area contributed by atoms with Crippen LogP contribution < -0.4 is 11.1 Å². The van der Waals surface area contributed by atoms with Gasteiger partial charge in [0.2, 0.25) is 0 Å². The van der Waals surface area contributed by atoms with Gasteiger partial charge in [0.05, 0.1) is 19.3 Å². The smallest absolute Gasteiger partial charge is 0.312 e. The molecule has 7 heteroatoms. The SMILES string of the molecule is COCCN(C(=O)C(=O)NCCN)C(C)COC. The summed E-state index contributed by atoms with van der Waals surface area (Å²) >= 11 is 0. The highest BCUT2D eigenvalue weighted by Crippen LogP contribution is 2.01. The molecule has 1 unspecified atom stereocenters. The monoisotopic (exact) mass is 261 g/mol. The second kappa shape index (κ2) is 9.81. The van der Waals surface area contributed by atoms with E-state index in [1.807, 2.05) is 6.92 Å². The van der Waals surface area contributed by atoms with Crippen LogP contribution >= 0.6 is 0 Å². The standard InChI is InChI=1S/C11H23N3O4/c1-9(8-18-3)14(6-7-17-2)11(16)10(15)13-5-4-12/h9H,4-8,12H2,1-3H3,(H,13,15). The van der Waals surface area contributed by atoms with Gasteiger partial charge < -0.3 is 25.4 Å². The molecular weight excluding hydrogens is 238 g/mol. The number of rotatable bonds is 8. The number of nitrogens with zero attached hydrogens (tertiary/aromatic N) is 1. The number of methoxy groups -OCH3 is 2. The summed E-state index contributed by atoms with van der Waals surface area (Å²) in [5.41, 5.74) is 5.26. The van der Waals surface area contributed by atoms with Gasteiger partial charge >= 0.3 is 11.8 Å². The van der Waals surface area contributed by atoms with Crippen molar-refractivity contribution in [2.75, 3.05) is 47.1 Å². The highest BCUT2D eigenvalue weighted by atomic mass is 16.5. The van der Waals surface area contributed by atoms with Crippen LogP contribution in [-0.4, -0.2) is 69.8 Å². The van der Waals surface area contributed by atoms with Crippen LogP contribution in [0.4, 0.5) is 0 Å². The Hall–Kier alpha value is -1.18. The van der Waals surface area contributed by atoms with E-state index in [2.05, 4.69) is 5.32 Å². The van der Waals surface area contributed by atoms with E-state index in [9.17, 15) is 9.59 Å². The molecule has 3 N–H and O–H groups in total. The Labute approximate surface area is 108 Å². The first-order valence-electron chi connectivity index (χ1n) is 5.85. The van der Waals surface area contributed by atoms with Crippen LogP contribution in [0.1, 0.15) is 6.92 Å². The van der Waals surface area contributed by atoms with Crippen molar-refractivity contribution in [1.82, 2.24) is 10.2 Å². The molecule has 18 heavy (non-hydrogen) atoms. The first-order chi connectivity index (χ1) is 8.58. The molecular formula is C11H23N3O4. The average Bonchev–Trinajstić information content (AvgIpc) is 2.36. The molecule has 0 saturated carbocycles. The summed E-state index contributed by atoms with van der Waals surface area (Å²) in [6, 6.07) is -0.193. The van der Waals surface area contributed by atoms with E-state index in [4.69, 9.17) is 15.2 Å². The number of hydrogen-bond acceptors (Lipinski definition) is 5. The zero-order valence-corrected chi connectivity index (χ0v) is 11.3. The molecule has 0 spiro atoms. The minimum Gasteiger partial charge on any atom is -0.383 e. The Morgan fingerprint density at radius 2 is 2.00 bits per heavy atom. The Bertz CT molecular complexity index is 261. The number of nitrogens with two attached hydrogens (primary N) is 1. The van der Waals surface area contributed by atoms with E-state index < -0.39 is 11.8 Å². The molecule has 1 atom stereocenters. The van der Waals surface area contributed by atoms with Crippen LogP contribution in [0.2, 0.25) is 0 Å². The molecule has 0 aromatic carbocycles. The zero-order valence-electron chi connectivity index (χ0n) is 11.3. The van der Waals surface area contributed by atoms with Gasteiger partial charge in [-0.05, 0) is 6.92 Å². The lowest BCUT2D eigenvalue weighted by atomic mass is 10.2. The number of hydrogen-bond donors (Lipinski definition) is 2. The summed E-state index contributed by atoms with van der Waals surface area (Å²) < 4.78 is 9.91. The molecule has 0 aliphatic carbocycles. The third-order valence-corrected chi connectivity index (χ3v) is 2.36. The third-order valence-electron chi connectivity index (χ3n) is 2.36. The normalized spacial score (nSPS) is 12.0. The predicted octanol–water partition coefficient (Wildman–Crippen LogP) is -1.43. The minimum absolute atomic E-state index is 0.193. The van der Waals surface area contributed by atoms with Crippen LogP contribution in [0.5, 0.6) is 0 Å². The first-order valence-corrected chi connectivity index (χ1v) is 5.85. The Balaban J connectivity index is 4.51. The molecule has 0 heterocycles. The average molecular weight is 261 g/mol. The summed E-state index contributed by atoms with van der Waals surface area (Å²) in [7, 11) is 3.09. The number of carbonyl (C=O) groups excluding carboxylic acids is 2. The first kappa shape index (κ1) is 16.8. The molecule has 0 bridgehead atoms. The molecule has 2 amide bonds. The van der Waals surface area contributed by atoms with Gasteiger partial charge in [-0.2, -0.15) is 0 Å². The molecule has 0 aromatic heterocycles. The van der Waals surface area contributed by atoms with Crippen LogP contribution in [-0.2, 0) is 19.1 Å². The summed E-state index contributed by atoms with van der Waals surface area (Å²) in [6.07, 6.45) is 0. The molecule has 0 fully saturated rings. The number of nitrogens with one attached hydrogen (secondary N) is 1. The Morgan fingerprint density at radius 1 is 1.33 bits per heavy atom. The van der Waals surface area contributed by atoms with Crippen molar-refractivity contribution in [3.63, 3.8) is 0 Å². The van der Waals surface area contributed by atoms with Gasteiger partial charge in [0, 0.05) is 33.9 Å². The van der Waals surface area contributed by atoms with Gasteiger partial charge in [-0.15, -0.1) is 0 Å². The van der Waals surface area contributed by atoms with Crippen molar-refractivity contribution >= 4 is 11.8 Å². The summed E-state index contributed by atoms with van der Waals surface area (Å²) in [5.74, 6) is -1.25.